The zero-order chi connectivity index (χ0) is 23.3. The smallest absolute Gasteiger partial charge is 0.303 e. The van der Waals surface area contributed by atoms with E-state index in [2.05, 4.69) is 6.07 Å². The van der Waals surface area contributed by atoms with E-state index in [1.807, 2.05) is 43.3 Å². The van der Waals surface area contributed by atoms with E-state index in [1.165, 1.54) is 13.0 Å². The Morgan fingerprint density at radius 3 is 2.45 bits per heavy atom. The highest BCUT2D eigenvalue weighted by Crippen LogP contribution is 2.51. The molecule has 0 amide bonds. The van der Waals surface area contributed by atoms with E-state index in [4.69, 9.17) is 4.74 Å². The molecule has 0 bridgehead atoms. The molecule has 2 aromatic rings. The number of esters is 1. The molecule has 5 atom stereocenters. The minimum atomic E-state index is -1.77. The van der Waals surface area contributed by atoms with E-state index in [0.29, 0.717) is 4.90 Å². The van der Waals surface area contributed by atoms with Gasteiger partial charge in [0.05, 0.1) is 21.6 Å². The molecule has 3 aliphatic carbocycles. The maximum Gasteiger partial charge on any atom is 0.303 e. The normalized spacial score (nSPS) is 26.8. The van der Waals surface area contributed by atoms with Crippen LogP contribution in [0.15, 0.2) is 76.1 Å². The minimum Gasteiger partial charge on any atom is -0.457 e. The van der Waals surface area contributed by atoms with Crippen LogP contribution in [0.5, 0.6) is 0 Å². The first-order valence-corrected chi connectivity index (χ1v) is 12.2. The van der Waals surface area contributed by atoms with Crippen molar-refractivity contribution in [2.75, 3.05) is 0 Å². The molecule has 168 valence electrons. The van der Waals surface area contributed by atoms with E-state index in [-0.39, 0.29) is 22.4 Å². The van der Waals surface area contributed by atoms with Crippen LogP contribution in [-0.4, -0.2) is 27.8 Å². The average Bonchev–Trinajstić information content (AvgIpc) is 2.80. The third kappa shape index (κ3) is 3.72. The molecule has 5 nitrogen and oxygen atoms in total. The second kappa shape index (κ2) is 8.34. The van der Waals surface area contributed by atoms with E-state index in [0.717, 1.165) is 35.1 Å². The van der Waals surface area contributed by atoms with E-state index < -0.39 is 34.7 Å². The van der Waals surface area contributed by atoms with Gasteiger partial charge in [0.2, 0.25) is 0 Å². The molecule has 0 heterocycles. The summed E-state index contributed by atoms with van der Waals surface area (Å²) in [5.41, 5.74) is 4.20. The van der Waals surface area contributed by atoms with Crippen molar-refractivity contribution in [3.63, 3.8) is 0 Å². The van der Waals surface area contributed by atoms with Crippen LogP contribution in [0.3, 0.4) is 0 Å². The van der Waals surface area contributed by atoms with Crippen LogP contribution in [0.4, 0.5) is 0 Å². The zero-order valence-electron chi connectivity index (χ0n) is 18.4. The molecule has 0 saturated carbocycles. The fourth-order valence-electron chi connectivity index (χ4n) is 5.38. The number of hydrogen-bond donors (Lipinski definition) is 0. The number of carbonyl (C=O) groups excluding carboxylic acids is 3. The summed E-state index contributed by atoms with van der Waals surface area (Å²) < 4.78 is 18.9. The Morgan fingerprint density at radius 2 is 1.73 bits per heavy atom. The predicted octanol–water partition coefficient (Wildman–Crippen LogP) is 3.97. The Bertz CT molecular complexity index is 1250. The average molecular weight is 461 g/mol. The number of ether oxygens (including phenoxy) is 1. The van der Waals surface area contributed by atoms with Crippen LogP contribution in [0.25, 0.3) is 0 Å². The standard InChI is InChI=1S/C27H24O5S/c1-15-7-11-19(12-8-15)33(31)23-14-21(29)25-22(32-16(2)28)13-18-10-9-17-5-3-4-6-20(17)24(18)26(25)27(23)30/h3-8,11-14,22,24-26H,9-10H2,1-2H3/t22?,24?,25?,26?,33-/m1/s1. The first-order valence-electron chi connectivity index (χ1n) is 11.1. The summed E-state index contributed by atoms with van der Waals surface area (Å²) in [6, 6.07) is 15.1. The van der Waals surface area contributed by atoms with Gasteiger partial charge in [0.15, 0.2) is 11.6 Å². The number of hydrogen-bond acceptors (Lipinski definition) is 5. The zero-order valence-corrected chi connectivity index (χ0v) is 19.3. The van der Waals surface area contributed by atoms with Crippen LogP contribution in [0.2, 0.25) is 0 Å². The highest BCUT2D eigenvalue weighted by Gasteiger charge is 2.53. The highest BCUT2D eigenvalue weighted by molar-refractivity contribution is 7.90. The molecular formula is C27H24O5S. The lowest BCUT2D eigenvalue weighted by Gasteiger charge is -2.44. The van der Waals surface area contributed by atoms with Gasteiger partial charge in [-0.25, -0.2) is 4.21 Å². The second-order valence-corrected chi connectivity index (χ2v) is 10.3. The quantitative estimate of drug-likeness (QED) is 0.512. The number of allylic oxidation sites excluding steroid dienone is 3. The molecule has 0 N–H and O–H groups in total. The third-order valence-corrected chi connectivity index (χ3v) is 8.25. The molecule has 2 aromatic carbocycles. The molecule has 0 aliphatic heterocycles. The van der Waals surface area contributed by atoms with Crippen molar-refractivity contribution in [1.82, 2.24) is 0 Å². The first-order chi connectivity index (χ1) is 15.8. The van der Waals surface area contributed by atoms with Gasteiger partial charge in [-0.2, -0.15) is 0 Å². The van der Waals surface area contributed by atoms with E-state index in [1.54, 1.807) is 12.1 Å². The van der Waals surface area contributed by atoms with Gasteiger partial charge in [0.1, 0.15) is 6.10 Å². The lowest BCUT2D eigenvalue weighted by molar-refractivity contribution is -0.152. The molecule has 4 unspecified atom stereocenters. The van der Waals surface area contributed by atoms with Crippen LogP contribution in [-0.2, 0) is 36.3 Å². The molecule has 0 radical (unpaired) electrons. The Morgan fingerprint density at radius 1 is 1.00 bits per heavy atom. The van der Waals surface area contributed by atoms with Crippen LogP contribution >= 0.6 is 0 Å². The van der Waals surface area contributed by atoms with Crippen molar-refractivity contribution < 1.29 is 23.3 Å². The topological polar surface area (TPSA) is 77.5 Å². The lowest BCUT2D eigenvalue weighted by atomic mass is 9.60. The lowest BCUT2D eigenvalue weighted by Crippen LogP contribution is -2.49. The minimum absolute atomic E-state index is 0.0241. The monoisotopic (exact) mass is 460 g/mol. The molecule has 0 saturated heterocycles. The van der Waals surface area contributed by atoms with Gasteiger partial charge in [0, 0.05) is 29.7 Å². The number of Topliss-reactive ketones (excluding diaryl/α,β-unsaturated/α-hetero) is 1. The summed E-state index contributed by atoms with van der Waals surface area (Å²) in [7, 11) is -1.77. The van der Waals surface area contributed by atoms with Gasteiger partial charge in [-0.3, -0.25) is 14.4 Å². The Kier molecular flexibility index (Phi) is 5.49. The Balaban J connectivity index is 1.63. The summed E-state index contributed by atoms with van der Waals surface area (Å²) in [5, 5.41) is 0. The molecule has 6 heteroatoms. The van der Waals surface area contributed by atoms with Gasteiger partial charge in [0.25, 0.3) is 0 Å². The van der Waals surface area contributed by atoms with Crippen molar-refractivity contribution in [3.8, 4) is 0 Å². The molecule has 0 aromatic heterocycles. The maximum atomic E-state index is 13.9. The second-order valence-electron chi connectivity index (χ2n) is 8.90. The van der Waals surface area contributed by atoms with Crippen LogP contribution < -0.4 is 0 Å². The third-order valence-electron chi connectivity index (χ3n) is 6.84. The van der Waals surface area contributed by atoms with Crippen LogP contribution in [0, 0.1) is 18.8 Å². The number of aryl methyl sites for hydroxylation is 2. The van der Waals surface area contributed by atoms with Crippen molar-refractivity contribution in [2.24, 2.45) is 11.8 Å². The van der Waals surface area contributed by atoms with Crippen molar-refractivity contribution in [1.29, 1.82) is 0 Å². The summed E-state index contributed by atoms with van der Waals surface area (Å²) in [6.45, 7) is 3.23. The Labute approximate surface area is 195 Å². The van der Waals surface area contributed by atoms with Gasteiger partial charge >= 0.3 is 5.97 Å². The van der Waals surface area contributed by atoms with Crippen molar-refractivity contribution >= 4 is 28.3 Å². The van der Waals surface area contributed by atoms with Gasteiger partial charge < -0.3 is 4.74 Å². The molecule has 5 rings (SSSR count). The molecular weight excluding hydrogens is 436 g/mol. The van der Waals surface area contributed by atoms with Crippen molar-refractivity contribution in [2.45, 2.75) is 43.6 Å². The number of benzene rings is 2. The maximum absolute atomic E-state index is 13.9. The molecule has 3 aliphatic rings. The van der Waals surface area contributed by atoms with Crippen molar-refractivity contribution in [3.05, 3.63) is 87.9 Å². The fraction of sp³-hybridized carbons (Fsp3) is 0.296. The largest absolute Gasteiger partial charge is 0.457 e. The summed E-state index contributed by atoms with van der Waals surface area (Å²) in [5.74, 6) is -2.98. The molecule has 33 heavy (non-hydrogen) atoms. The first kappa shape index (κ1) is 21.7. The summed E-state index contributed by atoms with van der Waals surface area (Å²) in [6.07, 6.45) is 3.83. The van der Waals surface area contributed by atoms with Gasteiger partial charge in [-0.05, 0) is 49.1 Å². The highest BCUT2D eigenvalue weighted by atomic mass is 32.2. The van der Waals surface area contributed by atoms with E-state index >= 15 is 0 Å². The SMILES string of the molecule is CC(=O)OC1C=C2CCc3ccccc3C2C2C(=O)C([S@](=O)c3ccc(C)cc3)=CC(=O)C12. The summed E-state index contributed by atoms with van der Waals surface area (Å²) >= 11 is 0. The number of carbonyl (C=O) groups is 3. The van der Waals surface area contributed by atoms with Gasteiger partial charge in [-0.1, -0.05) is 47.5 Å². The van der Waals surface area contributed by atoms with E-state index in [9.17, 15) is 18.6 Å². The number of ketones is 2. The van der Waals surface area contributed by atoms with Crippen LogP contribution in [0.1, 0.15) is 36.0 Å². The number of fused-ring (bicyclic) bond motifs is 5. The molecule has 0 fully saturated rings. The predicted molar refractivity (Wildman–Crippen MR) is 124 cm³/mol. The molecule has 0 spiro atoms. The Hall–Kier alpha value is -3.12. The fourth-order valence-corrected chi connectivity index (χ4v) is 6.56. The number of rotatable bonds is 3. The van der Waals surface area contributed by atoms with Gasteiger partial charge in [-0.15, -0.1) is 0 Å². The summed E-state index contributed by atoms with van der Waals surface area (Å²) in [4.78, 5) is 39.6.